The van der Waals surface area contributed by atoms with Gasteiger partial charge in [0.25, 0.3) is 5.56 Å². The molecule has 3 aromatic rings. The normalized spacial score (nSPS) is 11.6. The second-order valence-electron chi connectivity index (χ2n) is 6.71. The first-order valence-corrected chi connectivity index (χ1v) is 8.96. The molecule has 0 radical (unpaired) electrons. The number of Topliss-reactive ketones (excluding diaryl/α,β-unsaturated/α-hetero) is 1. The average molecular weight is 353 g/mol. The molecule has 0 aliphatic heterocycles. The number of ketones is 1. The maximum absolute atomic E-state index is 13.0. The Kier molecular flexibility index (Phi) is 4.72. The van der Waals surface area contributed by atoms with Crippen molar-refractivity contribution in [2.75, 3.05) is 5.75 Å². The molecule has 0 bridgehead atoms. The van der Waals surface area contributed by atoms with Gasteiger partial charge in [-0.15, -0.1) is 0 Å². The minimum absolute atomic E-state index is 0.104. The summed E-state index contributed by atoms with van der Waals surface area (Å²) in [6.45, 7) is 5.65. The first-order chi connectivity index (χ1) is 11.9. The highest BCUT2D eigenvalue weighted by Crippen LogP contribution is 2.24. The molecular weight excluding hydrogens is 334 g/mol. The van der Waals surface area contributed by atoms with E-state index < -0.39 is 5.41 Å². The van der Waals surface area contributed by atoms with Gasteiger partial charge in [-0.25, -0.2) is 9.97 Å². The van der Waals surface area contributed by atoms with Crippen LogP contribution in [-0.2, 0) is 4.79 Å². The van der Waals surface area contributed by atoms with Gasteiger partial charge in [0.1, 0.15) is 5.78 Å². The Bertz CT molecular complexity index is 975. The van der Waals surface area contributed by atoms with Gasteiger partial charge in [0.05, 0.1) is 16.8 Å². The second-order valence-corrected chi connectivity index (χ2v) is 7.65. The van der Waals surface area contributed by atoms with Crippen LogP contribution in [0.4, 0.5) is 0 Å². The van der Waals surface area contributed by atoms with Crippen molar-refractivity contribution in [2.24, 2.45) is 5.41 Å². The summed E-state index contributed by atoms with van der Waals surface area (Å²) >= 11 is 1.27. The number of hydrogen-bond acceptors (Lipinski definition) is 5. The van der Waals surface area contributed by atoms with Crippen LogP contribution in [0.2, 0.25) is 0 Å². The number of rotatable bonds is 4. The Morgan fingerprint density at radius 1 is 1.12 bits per heavy atom. The van der Waals surface area contributed by atoms with E-state index in [1.807, 2.05) is 51.1 Å². The van der Waals surface area contributed by atoms with Crippen LogP contribution in [0.15, 0.2) is 58.6 Å². The highest BCUT2D eigenvalue weighted by molar-refractivity contribution is 7.99. The van der Waals surface area contributed by atoms with Crippen molar-refractivity contribution in [3.8, 4) is 5.69 Å². The third kappa shape index (κ3) is 3.64. The number of hydrogen-bond donors (Lipinski definition) is 0. The zero-order chi connectivity index (χ0) is 18.0. The molecule has 0 saturated heterocycles. The molecule has 128 valence electrons. The number of pyridine rings is 1. The van der Waals surface area contributed by atoms with E-state index in [0.717, 1.165) is 5.69 Å². The molecule has 0 unspecified atom stereocenters. The fourth-order valence-electron chi connectivity index (χ4n) is 2.25. The summed E-state index contributed by atoms with van der Waals surface area (Å²) in [4.78, 5) is 34.0. The Hall–Kier alpha value is -2.47. The van der Waals surface area contributed by atoms with Crippen LogP contribution in [-0.4, -0.2) is 26.1 Å². The van der Waals surface area contributed by atoms with Crippen molar-refractivity contribution >= 4 is 28.6 Å². The quantitative estimate of drug-likeness (QED) is 0.531. The highest BCUT2D eigenvalue weighted by Gasteiger charge is 2.22. The predicted molar refractivity (Wildman–Crippen MR) is 100 cm³/mol. The van der Waals surface area contributed by atoms with Crippen molar-refractivity contribution in [1.29, 1.82) is 0 Å². The van der Waals surface area contributed by atoms with Gasteiger partial charge in [-0.1, -0.05) is 50.7 Å². The molecule has 1 aromatic carbocycles. The van der Waals surface area contributed by atoms with Crippen molar-refractivity contribution in [3.05, 3.63) is 59.0 Å². The Balaban J connectivity index is 2.13. The minimum Gasteiger partial charge on any atom is -0.298 e. The molecular formula is C19H19N3O2S. The van der Waals surface area contributed by atoms with E-state index in [-0.39, 0.29) is 17.1 Å². The van der Waals surface area contributed by atoms with Crippen molar-refractivity contribution in [3.63, 3.8) is 0 Å². The summed E-state index contributed by atoms with van der Waals surface area (Å²) in [5.41, 5.74) is 0.497. The topological polar surface area (TPSA) is 64.8 Å². The summed E-state index contributed by atoms with van der Waals surface area (Å²) in [5, 5.41) is 0.929. The van der Waals surface area contributed by atoms with Crippen LogP contribution in [0.1, 0.15) is 20.8 Å². The number of aromatic nitrogens is 3. The van der Waals surface area contributed by atoms with E-state index in [9.17, 15) is 9.59 Å². The van der Waals surface area contributed by atoms with Crippen LogP contribution in [0, 0.1) is 5.41 Å². The fraction of sp³-hybridized carbons (Fsp3) is 0.263. The third-order valence-corrected chi connectivity index (χ3v) is 4.73. The standard InChI is InChI=1S/C19H19N3O2S/c1-19(2,3)15(23)12-25-18-21-16-14(10-7-11-20-16)17(24)22(18)13-8-5-4-6-9-13/h4-11H,12H2,1-3H3. The van der Waals surface area contributed by atoms with Gasteiger partial charge >= 0.3 is 0 Å². The largest absolute Gasteiger partial charge is 0.298 e. The molecule has 0 aliphatic carbocycles. The van der Waals surface area contributed by atoms with Gasteiger partial charge in [-0.3, -0.25) is 14.2 Å². The van der Waals surface area contributed by atoms with Gasteiger partial charge in [-0.2, -0.15) is 0 Å². The van der Waals surface area contributed by atoms with Gasteiger partial charge in [-0.05, 0) is 24.3 Å². The van der Waals surface area contributed by atoms with Gasteiger partial charge in [0.15, 0.2) is 10.8 Å². The Morgan fingerprint density at radius 3 is 2.52 bits per heavy atom. The second kappa shape index (κ2) is 6.80. The molecule has 25 heavy (non-hydrogen) atoms. The molecule has 5 nitrogen and oxygen atoms in total. The fourth-order valence-corrected chi connectivity index (χ4v) is 3.41. The molecule has 0 fully saturated rings. The third-order valence-electron chi connectivity index (χ3n) is 3.80. The first-order valence-electron chi connectivity index (χ1n) is 7.97. The molecule has 0 N–H and O–H groups in total. The molecule has 0 amide bonds. The smallest absolute Gasteiger partial charge is 0.268 e. The molecule has 3 rings (SSSR count). The Labute approximate surface area is 150 Å². The van der Waals surface area contributed by atoms with Gasteiger partial charge in [0, 0.05) is 11.6 Å². The maximum Gasteiger partial charge on any atom is 0.268 e. The first kappa shape index (κ1) is 17.4. The lowest BCUT2D eigenvalue weighted by Crippen LogP contribution is -2.25. The SMILES string of the molecule is CC(C)(C)C(=O)CSc1nc2ncccc2c(=O)n1-c1ccccc1. The monoisotopic (exact) mass is 353 g/mol. The van der Waals surface area contributed by atoms with Crippen LogP contribution in [0.25, 0.3) is 16.7 Å². The van der Waals surface area contributed by atoms with Crippen molar-refractivity contribution < 1.29 is 4.79 Å². The van der Waals surface area contributed by atoms with Crippen LogP contribution >= 0.6 is 11.8 Å². The average Bonchev–Trinajstić information content (AvgIpc) is 2.59. The number of carbonyl (C=O) groups is 1. The molecule has 2 aromatic heterocycles. The molecule has 6 heteroatoms. The van der Waals surface area contributed by atoms with Crippen LogP contribution in [0.5, 0.6) is 0 Å². The molecule has 0 atom stereocenters. The lowest BCUT2D eigenvalue weighted by atomic mass is 9.92. The van der Waals surface area contributed by atoms with Gasteiger partial charge < -0.3 is 0 Å². The van der Waals surface area contributed by atoms with E-state index in [1.165, 1.54) is 11.8 Å². The number of benzene rings is 1. The molecule has 0 aliphatic rings. The summed E-state index contributed by atoms with van der Waals surface area (Å²) < 4.78 is 1.55. The summed E-state index contributed by atoms with van der Waals surface area (Å²) in [6.07, 6.45) is 1.61. The summed E-state index contributed by atoms with van der Waals surface area (Å²) in [6, 6.07) is 12.7. The summed E-state index contributed by atoms with van der Waals surface area (Å²) in [7, 11) is 0. The number of nitrogens with zero attached hydrogens (tertiary/aromatic N) is 3. The summed E-state index contributed by atoms with van der Waals surface area (Å²) in [5.74, 6) is 0.355. The number of fused-ring (bicyclic) bond motifs is 1. The van der Waals surface area contributed by atoms with E-state index in [2.05, 4.69) is 9.97 Å². The zero-order valence-corrected chi connectivity index (χ0v) is 15.2. The van der Waals surface area contributed by atoms with E-state index in [4.69, 9.17) is 0 Å². The zero-order valence-electron chi connectivity index (χ0n) is 14.4. The predicted octanol–water partition coefficient (Wildman–Crippen LogP) is 3.49. The maximum atomic E-state index is 13.0. The van der Waals surface area contributed by atoms with Crippen molar-refractivity contribution in [1.82, 2.24) is 14.5 Å². The molecule has 0 saturated carbocycles. The lowest BCUT2D eigenvalue weighted by Gasteiger charge is -2.17. The van der Waals surface area contributed by atoms with E-state index in [0.29, 0.717) is 16.2 Å². The van der Waals surface area contributed by atoms with E-state index >= 15 is 0 Å². The van der Waals surface area contributed by atoms with Gasteiger partial charge in [0.2, 0.25) is 0 Å². The van der Waals surface area contributed by atoms with Crippen molar-refractivity contribution in [2.45, 2.75) is 25.9 Å². The highest BCUT2D eigenvalue weighted by atomic mass is 32.2. The van der Waals surface area contributed by atoms with E-state index in [1.54, 1.807) is 22.9 Å². The number of thioether (sulfide) groups is 1. The molecule has 0 spiro atoms. The van der Waals surface area contributed by atoms with Crippen LogP contribution in [0.3, 0.4) is 0 Å². The lowest BCUT2D eigenvalue weighted by molar-refractivity contribution is -0.123. The Morgan fingerprint density at radius 2 is 1.84 bits per heavy atom. The van der Waals surface area contributed by atoms with Crippen LogP contribution < -0.4 is 5.56 Å². The molecule has 2 heterocycles. The number of para-hydroxylation sites is 1. The number of carbonyl (C=O) groups excluding carboxylic acids is 1. The minimum atomic E-state index is -0.431.